The average Bonchev–Trinajstić information content (AvgIpc) is 2.91. The highest BCUT2D eigenvalue weighted by Gasteiger charge is 2.78. The van der Waals surface area contributed by atoms with Crippen LogP contribution in [0.3, 0.4) is 0 Å². The van der Waals surface area contributed by atoms with E-state index in [2.05, 4.69) is 27.4 Å². The molecule has 0 spiro atoms. The summed E-state index contributed by atoms with van der Waals surface area (Å²) >= 11 is 0. The van der Waals surface area contributed by atoms with Gasteiger partial charge in [-0.3, -0.25) is 24.6 Å². The van der Waals surface area contributed by atoms with Crippen LogP contribution in [0.1, 0.15) is 75.1 Å². The summed E-state index contributed by atoms with van der Waals surface area (Å²) in [6, 6.07) is 6.64. The number of imide groups is 1. The van der Waals surface area contributed by atoms with Crippen LogP contribution in [0.15, 0.2) is 24.3 Å². The molecule has 1 aromatic rings. The van der Waals surface area contributed by atoms with Gasteiger partial charge in [-0.1, -0.05) is 6.92 Å². The van der Waals surface area contributed by atoms with Crippen LogP contribution in [-0.2, 0) is 14.4 Å². The molecule has 39 heavy (non-hydrogen) atoms. The largest absolute Gasteiger partial charge is 0.478 e. The van der Waals surface area contributed by atoms with Gasteiger partial charge in [0.05, 0.1) is 11.0 Å². The molecule has 3 N–H and O–H groups in total. The van der Waals surface area contributed by atoms with Crippen molar-refractivity contribution >= 4 is 29.4 Å². The average molecular weight is 537 g/mol. The molecular weight excluding hydrogens is 496 g/mol. The normalized spacial score (nSPS) is 33.6. The van der Waals surface area contributed by atoms with E-state index >= 15 is 0 Å². The fraction of sp³-hybridized carbons (Fsp3) is 0.667. The van der Waals surface area contributed by atoms with Gasteiger partial charge in [0.25, 0.3) is 0 Å². The summed E-state index contributed by atoms with van der Waals surface area (Å²) in [4.78, 5) is 52.8. The van der Waals surface area contributed by atoms with E-state index in [1.54, 1.807) is 12.1 Å². The third-order valence-corrected chi connectivity index (χ3v) is 10.9. The summed E-state index contributed by atoms with van der Waals surface area (Å²) in [7, 11) is 0. The Bertz CT molecular complexity index is 1140. The maximum atomic E-state index is 13.1. The first-order chi connectivity index (χ1) is 18.7. The summed E-state index contributed by atoms with van der Waals surface area (Å²) in [5.74, 6) is 0.278. The molecule has 0 aromatic heterocycles. The minimum absolute atomic E-state index is 0.00886. The second-order valence-corrected chi connectivity index (χ2v) is 12.8. The molecule has 3 aliphatic heterocycles. The highest BCUT2D eigenvalue weighted by Crippen LogP contribution is 2.74. The lowest BCUT2D eigenvalue weighted by Gasteiger charge is -2.78. The topological polar surface area (TPSA) is 119 Å². The summed E-state index contributed by atoms with van der Waals surface area (Å²) < 4.78 is 0. The molecule has 6 fully saturated rings. The van der Waals surface area contributed by atoms with Crippen molar-refractivity contribution in [1.82, 2.24) is 15.5 Å². The number of amides is 3. The van der Waals surface area contributed by atoms with Crippen molar-refractivity contribution in [3.05, 3.63) is 29.8 Å². The first-order valence-corrected chi connectivity index (χ1v) is 14.7. The van der Waals surface area contributed by atoms with Gasteiger partial charge in [0.2, 0.25) is 17.7 Å². The van der Waals surface area contributed by atoms with Gasteiger partial charge in [0, 0.05) is 30.7 Å². The van der Waals surface area contributed by atoms with Gasteiger partial charge in [-0.15, -0.1) is 0 Å². The van der Waals surface area contributed by atoms with Crippen LogP contribution in [0.25, 0.3) is 0 Å². The Labute approximate surface area is 229 Å². The fourth-order valence-corrected chi connectivity index (χ4v) is 8.22. The molecule has 3 heterocycles. The third-order valence-electron chi connectivity index (χ3n) is 10.9. The number of carbonyl (C=O) groups is 4. The van der Waals surface area contributed by atoms with Crippen LogP contribution in [0.2, 0.25) is 0 Å². The number of carbonyl (C=O) groups excluding carboxylic acids is 3. The fourth-order valence-electron chi connectivity index (χ4n) is 8.22. The molecule has 6 aliphatic rings. The lowest BCUT2D eigenvalue weighted by Crippen LogP contribution is -2.84. The number of carboxylic acid groups (broad SMARTS) is 1. The Balaban J connectivity index is 0.935. The van der Waals surface area contributed by atoms with E-state index in [-0.39, 0.29) is 35.1 Å². The predicted molar refractivity (Wildman–Crippen MR) is 145 cm³/mol. The quantitative estimate of drug-likeness (QED) is 0.459. The summed E-state index contributed by atoms with van der Waals surface area (Å²) in [6.45, 7) is 6.47. The van der Waals surface area contributed by atoms with Crippen LogP contribution >= 0.6 is 0 Å². The number of hydrogen-bond donors (Lipinski definition) is 3. The van der Waals surface area contributed by atoms with Crippen LogP contribution in [-0.4, -0.2) is 71.5 Å². The zero-order valence-electron chi connectivity index (χ0n) is 22.8. The van der Waals surface area contributed by atoms with Gasteiger partial charge in [0.15, 0.2) is 0 Å². The minimum Gasteiger partial charge on any atom is -0.478 e. The second-order valence-electron chi connectivity index (χ2n) is 12.8. The number of benzene rings is 1. The van der Waals surface area contributed by atoms with E-state index in [4.69, 9.17) is 5.11 Å². The van der Waals surface area contributed by atoms with Gasteiger partial charge in [-0.25, -0.2) is 4.79 Å². The minimum atomic E-state index is -0.885. The summed E-state index contributed by atoms with van der Waals surface area (Å²) in [5, 5.41) is 14.4. The van der Waals surface area contributed by atoms with Crippen molar-refractivity contribution in [2.45, 2.75) is 76.3 Å². The smallest absolute Gasteiger partial charge is 0.335 e. The molecule has 1 unspecified atom stereocenters. The number of likely N-dealkylation sites (tertiary alicyclic amines) is 1. The van der Waals surface area contributed by atoms with Crippen molar-refractivity contribution in [2.24, 2.45) is 23.2 Å². The number of aromatic carboxylic acids is 1. The predicted octanol–water partition coefficient (Wildman–Crippen LogP) is 2.79. The van der Waals surface area contributed by atoms with Crippen LogP contribution in [0.5, 0.6) is 0 Å². The third kappa shape index (κ3) is 4.52. The number of anilines is 1. The van der Waals surface area contributed by atoms with Gasteiger partial charge in [-0.2, -0.15) is 0 Å². The zero-order chi connectivity index (χ0) is 27.4. The number of rotatable bonds is 7. The Morgan fingerprint density at radius 2 is 1.59 bits per heavy atom. The molecule has 2 bridgehead atoms. The van der Waals surface area contributed by atoms with Crippen molar-refractivity contribution in [3.8, 4) is 0 Å². The first-order valence-electron chi connectivity index (χ1n) is 14.7. The monoisotopic (exact) mass is 536 g/mol. The SMILES string of the molecule is C[C@H]1C2(C(=O)NC3CCC(=O)NC3=O)CC1(N1CCC(CC3CCN(c4ccc(C(=O)O)cc4)CC3)CC1)C2. The van der Waals surface area contributed by atoms with E-state index in [9.17, 15) is 19.2 Å². The number of carboxylic acids is 1. The highest BCUT2D eigenvalue weighted by molar-refractivity contribution is 6.02. The Morgan fingerprint density at radius 1 is 0.974 bits per heavy atom. The molecule has 210 valence electrons. The molecule has 1 aromatic carbocycles. The van der Waals surface area contributed by atoms with E-state index in [1.165, 1.54) is 32.1 Å². The number of nitrogens with one attached hydrogen (secondary N) is 2. The summed E-state index contributed by atoms with van der Waals surface area (Å²) in [5.41, 5.74) is 1.25. The Morgan fingerprint density at radius 3 is 2.15 bits per heavy atom. The van der Waals surface area contributed by atoms with E-state index in [0.29, 0.717) is 17.9 Å². The van der Waals surface area contributed by atoms with Crippen molar-refractivity contribution < 1.29 is 24.3 Å². The highest BCUT2D eigenvalue weighted by atomic mass is 16.4. The maximum Gasteiger partial charge on any atom is 0.335 e. The maximum absolute atomic E-state index is 13.1. The van der Waals surface area contributed by atoms with Crippen LogP contribution in [0.4, 0.5) is 5.69 Å². The number of piperidine rings is 3. The van der Waals surface area contributed by atoms with Gasteiger partial charge < -0.3 is 15.3 Å². The molecule has 3 saturated carbocycles. The van der Waals surface area contributed by atoms with Crippen molar-refractivity contribution in [2.75, 3.05) is 31.1 Å². The van der Waals surface area contributed by atoms with Crippen molar-refractivity contribution in [3.63, 3.8) is 0 Å². The zero-order valence-corrected chi connectivity index (χ0v) is 22.8. The van der Waals surface area contributed by atoms with Gasteiger partial charge >= 0.3 is 5.97 Å². The Hall–Kier alpha value is -2.94. The molecule has 3 aliphatic carbocycles. The standard InChI is InChI=1S/C30H40N4O5/c1-19-29(28(39)31-24-6-7-25(35)32-26(24)36)17-30(19,18-29)34-14-10-21(11-15-34)16-20-8-12-33(13-9-20)23-4-2-22(3-5-23)27(37)38/h2-5,19-21,24H,6-18H2,1H3,(H,31,39)(H,37,38)(H,32,35,36)/t19-,24?,29?,30?/m0/s1. The second kappa shape index (κ2) is 9.91. The molecule has 3 saturated heterocycles. The number of nitrogens with zero attached hydrogens (tertiary/aromatic N) is 2. The van der Waals surface area contributed by atoms with Gasteiger partial charge in [-0.05, 0) is 106 Å². The molecule has 9 nitrogen and oxygen atoms in total. The molecule has 0 radical (unpaired) electrons. The van der Waals surface area contributed by atoms with E-state index < -0.39 is 12.0 Å². The van der Waals surface area contributed by atoms with Gasteiger partial charge in [0.1, 0.15) is 6.04 Å². The lowest BCUT2D eigenvalue weighted by molar-refractivity contribution is -0.268. The summed E-state index contributed by atoms with van der Waals surface area (Å²) in [6.07, 6.45) is 8.55. The molecule has 3 amide bonds. The lowest BCUT2D eigenvalue weighted by atomic mass is 9.32. The van der Waals surface area contributed by atoms with Crippen LogP contribution in [0, 0.1) is 23.2 Å². The van der Waals surface area contributed by atoms with E-state index in [1.807, 2.05) is 12.1 Å². The van der Waals surface area contributed by atoms with Crippen molar-refractivity contribution in [1.29, 1.82) is 0 Å². The Kier molecular flexibility index (Phi) is 6.68. The molecule has 9 heteroatoms. The molecule has 7 rings (SSSR count). The first kappa shape index (κ1) is 26.3. The van der Waals surface area contributed by atoms with E-state index in [0.717, 1.165) is 56.5 Å². The molecule has 2 atom stereocenters. The molecular formula is C30H40N4O5. The number of hydrogen-bond acceptors (Lipinski definition) is 6. The van der Waals surface area contributed by atoms with Crippen LogP contribution < -0.4 is 15.5 Å².